The first-order valence-corrected chi connectivity index (χ1v) is 8.41. The van der Waals surface area contributed by atoms with Crippen LogP contribution in [-0.4, -0.2) is 38.0 Å². The fraction of sp³-hybridized carbons (Fsp3) is 0.538. The number of methoxy groups -OCH3 is 1. The highest BCUT2D eigenvalue weighted by molar-refractivity contribution is 7.91. The number of benzene rings is 1. The van der Waals surface area contributed by atoms with Gasteiger partial charge in [-0.3, -0.25) is 10.1 Å². The maximum atomic E-state index is 11.5. The molecule has 0 spiro atoms. The number of hydrogen-bond acceptors (Lipinski definition) is 6. The van der Waals surface area contributed by atoms with Crippen LogP contribution in [0.15, 0.2) is 18.2 Å². The highest BCUT2D eigenvalue weighted by Crippen LogP contribution is 2.26. The van der Waals surface area contributed by atoms with Gasteiger partial charge in [0.2, 0.25) is 0 Å². The molecular weight excluding hydrogens is 296 g/mol. The van der Waals surface area contributed by atoms with Crippen LogP contribution in [0.3, 0.4) is 0 Å². The minimum atomic E-state index is -2.98. The number of ether oxygens (including phenoxy) is 1. The van der Waals surface area contributed by atoms with E-state index in [9.17, 15) is 18.5 Å². The predicted molar refractivity (Wildman–Crippen MR) is 78.1 cm³/mol. The van der Waals surface area contributed by atoms with Gasteiger partial charge >= 0.3 is 0 Å². The van der Waals surface area contributed by atoms with Crippen molar-refractivity contribution in [2.24, 2.45) is 11.7 Å². The van der Waals surface area contributed by atoms with Crippen molar-refractivity contribution in [2.45, 2.75) is 18.9 Å². The third kappa shape index (κ3) is 3.92. The molecule has 1 aromatic rings. The van der Waals surface area contributed by atoms with Crippen LogP contribution in [0.5, 0.6) is 5.75 Å². The fourth-order valence-electron chi connectivity index (χ4n) is 2.58. The van der Waals surface area contributed by atoms with E-state index in [4.69, 9.17) is 10.5 Å². The summed E-state index contributed by atoms with van der Waals surface area (Å²) in [4.78, 5) is 10.4. The van der Waals surface area contributed by atoms with Crippen molar-refractivity contribution in [3.63, 3.8) is 0 Å². The van der Waals surface area contributed by atoms with Crippen molar-refractivity contribution < 1.29 is 18.1 Å². The van der Waals surface area contributed by atoms with Crippen molar-refractivity contribution in [3.05, 3.63) is 33.9 Å². The monoisotopic (exact) mass is 314 g/mol. The molecule has 0 bridgehead atoms. The minimum absolute atomic E-state index is 0.0596. The summed E-state index contributed by atoms with van der Waals surface area (Å²) in [6.07, 6.45) is 0.938. The molecule has 0 amide bonds. The molecule has 1 fully saturated rings. The van der Waals surface area contributed by atoms with E-state index >= 15 is 0 Å². The van der Waals surface area contributed by atoms with E-state index in [1.165, 1.54) is 19.2 Å². The molecule has 2 unspecified atom stereocenters. The Kier molecular flexibility index (Phi) is 4.48. The van der Waals surface area contributed by atoms with Crippen molar-refractivity contribution in [2.75, 3.05) is 18.6 Å². The lowest BCUT2D eigenvalue weighted by Crippen LogP contribution is -2.33. The third-order valence-corrected chi connectivity index (χ3v) is 5.54. The first kappa shape index (κ1) is 15.7. The van der Waals surface area contributed by atoms with Crippen molar-refractivity contribution in [1.29, 1.82) is 0 Å². The van der Waals surface area contributed by atoms with E-state index in [-0.39, 0.29) is 29.2 Å². The molecule has 2 rings (SSSR count). The number of nitrogens with zero attached hydrogens (tertiary/aromatic N) is 1. The quantitative estimate of drug-likeness (QED) is 0.638. The topological polar surface area (TPSA) is 113 Å². The molecule has 21 heavy (non-hydrogen) atoms. The molecule has 1 aliphatic rings. The molecule has 7 nitrogen and oxygen atoms in total. The summed E-state index contributed by atoms with van der Waals surface area (Å²) in [5.74, 6) is 0.565. The summed E-state index contributed by atoms with van der Waals surface area (Å²) in [6, 6.07) is 4.14. The van der Waals surface area contributed by atoms with Crippen LogP contribution in [0.1, 0.15) is 12.0 Å². The molecule has 1 heterocycles. The summed E-state index contributed by atoms with van der Waals surface area (Å²) >= 11 is 0. The number of hydrogen-bond donors (Lipinski definition) is 1. The molecule has 2 atom stereocenters. The lowest BCUT2D eigenvalue weighted by atomic mass is 9.93. The molecule has 1 saturated heterocycles. The van der Waals surface area contributed by atoms with Gasteiger partial charge in [0.1, 0.15) is 5.75 Å². The standard InChI is InChI=1S/C13H18N2O5S/c1-20-12-5-9(4-11(7-12)15(16)17)6-13(14)10-2-3-21(18,19)8-10/h4-5,7,10,13H,2-3,6,8,14H2,1H3. The van der Waals surface area contributed by atoms with Crippen molar-refractivity contribution in [3.8, 4) is 5.75 Å². The van der Waals surface area contributed by atoms with Gasteiger partial charge in [0.05, 0.1) is 29.6 Å². The maximum Gasteiger partial charge on any atom is 0.273 e. The van der Waals surface area contributed by atoms with E-state index < -0.39 is 14.8 Å². The van der Waals surface area contributed by atoms with Gasteiger partial charge in [0, 0.05) is 12.1 Å². The molecule has 1 aliphatic heterocycles. The molecule has 1 aromatic carbocycles. The number of nitrogens with two attached hydrogens (primary N) is 1. The molecular formula is C13H18N2O5S. The van der Waals surface area contributed by atoms with E-state index in [0.717, 1.165) is 0 Å². The molecule has 0 saturated carbocycles. The van der Waals surface area contributed by atoms with Crippen LogP contribution in [0.2, 0.25) is 0 Å². The van der Waals surface area contributed by atoms with Crippen LogP contribution >= 0.6 is 0 Å². The van der Waals surface area contributed by atoms with Gasteiger partial charge in [0.25, 0.3) is 5.69 Å². The van der Waals surface area contributed by atoms with Crippen LogP contribution in [-0.2, 0) is 16.3 Å². The lowest BCUT2D eigenvalue weighted by Gasteiger charge is -2.18. The maximum absolute atomic E-state index is 11.5. The minimum Gasteiger partial charge on any atom is -0.496 e. The van der Waals surface area contributed by atoms with Gasteiger partial charge in [-0.05, 0) is 30.4 Å². The Morgan fingerprint density at radius 3 is 2.71 bits per heavy atom. The van der Waals surface area contributed by atoms with Crippen LogP contribution in [0.4, 0.5) is 5.69 Å². The number of sulfone groups is 1. The van der Waals surface area contributed by atoms with Crippen LogP contribution < -0.4 is 10.5 Å². The van der Waals surface area contributed by atoms with Gasteiger partial charge < -0.3 is 10.5 Å². The molecule has 116 valence electrons. The van der Waals surface area contributed by atoms with Gasteiger partial charge in [-0.25, -0.2) is 8.42 Å². The zero-order chi connectivity index (χ0) is 15.6. The van der Waals surface area contributed by atoms with Gasteiger partial charge in [-0.2, -0.15) is 0 Å². The Labute approximate surface area is 123 Å². The number of nitro groups is 1. The average Bonchev–Trinajstić information content (AvgIpc) is 2.78. The highest BCUT2D eigenvalue weighted by atomic mass is 32.2. The van der Waals surface area contributed by atoms with Gasteiger partial charge in [-0.1, -0.05) is 0 Å². The van der Waals surface area contributed by atoms with E-state index in [2.05, 4.69) is 0 Å². The SMILES string of the molecule is COc1cc(CC(N)C2CCS(=O)(=O)C2)cc([N+](=O)[O-])c1. The second-order valence-corrected chi connectivity index (χ2v) is 7.56. The summed E-state index contributed by atoms with van der Waals surface area (Å²) < 4.78 is 28.0. The zero-order valence-corrected chi connectivity index (χ0v) is 12.5. The smallest absolute Gasteiger partial charge is 0.273 e. The Bertz CT molecular complexity index is 644. The summed E-state index contributed by atoms with van der Waals surface area (Å²) in [6.45, 7) is 0. The first-order valence-electron chi connectivity index (χ1n) is 6.59. The lowest BCUT2D eigenvalue weighted by molar-refractivity contribution is -0.385. The summed E-state index contributed by atoms with van der Waals surface area (Å²) in [5, 5.41) is 10.9. The van der Waals surface area contributed by atoms with Gasteiger partial charge in [-0.15, -0.1) is 0 Å². The molecule has 8 heteroatoms. The summed E-state index contributed by atoms with van der Waals surface area (Å²) in [5.41, 5.74) is 6.69. The number of non-ortho nitro benzene ring substituents is 1. The van der Waals surface area contributed by atoms with Gasteiger partial charge in [0.15, 0.2) is 9.84 Å². The van der Waals surface area contributed by atoms with E-state index in [1.54, 1.807) is 6.07 Å². The Hall–Kier alpha value is -1.67. The zero-order valence-electron chi connectivity index (χ0n) is 11.7. The largest absolute Gasteiger partial charge is 0.496 e. The van der Waals surface area contributed by atoms with Crippen LogP contribution in [0.25, 0.3) is 0 Å². The van der Waals surface area contributed by atoms with Crippen LogP contribution in [0, 0.1) is 16.0 Å². The number of nitro benzene ring substituents is 1. The van der Waals surface area contributed by atoms with E-state index in [0.29, 0.717) is 24.2 Å². The summed E-state index contributed by atoms with van der Waals surface area (Å²) in [7, 11) is -1.54. The normalized spacial score (nSPS) is 21.9. The molecule has 0 aromatic heterocycles. The molecule has 0 radical (unpaired) electrons. The second kappa shape index (κ2) is 5.98. The van der Waals surface area contributed by atoms with E-state index in [1.807, 2.05) is 0 Å². The second-order valence-electron chi connectivity index (χ2n) is 5.33. The van der Waals surface area contributed by atoms with Crippen molar-refractivity contribution in [1.82, 2.24) is 0 Å². The molecule has 0 aliphatic carbocycles. The Morgan fingerprint density at radius 1 is 1.48 bits per heavy atom. The molecule has 2 N–H and O–H groups in total. The average molecular weight is 314 g/mol. The highest BCUT2D eigenvalue weighted by Gasteiger charge is 2.32. The Morgan fingerprint density at radius 2 is 2.19 bits per heavy atom. The van der Waals surface area contributed by atoms with Crippen molar-refractivity contribution >= 4 is 15.5 Å². The Balaban J connectivity index is 2.15. The third-order valence-electron chi connectivity index (χ3n) is 3.74. The number of rotatable bonds is 5. The predicted octanol–water partition coefficient (Wildman–Crippen LogP) is 0.908. The first-order chi connectivity index (χ1) is 9.80. The fourth-order valence-corrected chi connectivity index (χ4v) is 4.48.